The smallest absolute Gasteiger partial charge is 0.306 e. The van der Waals surface area contributed by atoms with Crippen LogP contribution in [0.5, 0.6) is 0 Å². The summed E-state index contributed by atoms with van der Waals surface area (Å²) in [6, 6.07) is 0. The molecule has 1 unspecified atom stereocenters. The molecular formula is C67H122O6. The minimum atomic E-state index is -0.765. The van der Waals surface area contributed by atoms with E-state index < -0.39 is 6.10 Å². The van der Waals surface area contributed by atoms with Gasteiger partial charge in [0.25, 0.3) is 0 Å². The number of esters is 3. The van der Waals surface area contributed by atoms with Crippen LogP contribution in [0.4, 0.5) is 0 Å². The Morgan fingerprint density at radius 3 is 0.836 bits per heavy atom. The molecular weight excluding hydrogens is 901 g/mol. The van der Waals surface area contributed by atoms with Gasteiger partial charge in [-0.15, -0.1) is 0 Å². The number of hydrogen-bond acceptors (Lipinski definition) is 6. The summed E-state index contributed by atoms with van der Waals surface area (Å²) in [5, 5.41) is 0. The maximum atomic E-state index is 12.8. The molecule has 6 nitrogen and oxygen atoms in total. The Kier molecular flexibility index (Phi) is 59.7. The lowest BCUT2D eigenvalue weighted by Crippen LogP contribution is -2.30. The molecule has 73 heavy (non-hydrogen) atoms. The fourth-order valence-corrected chi connectivity index (χ4v) is 9.56. The first kappa shape index (κ1) is 70.4. The summed E-state index contributed by atoms with van der Waals surface area (Å²) in [5.41, 5.74) is 0. The van der Waals surface area contributed by atoms with Crippen LogP contribution in [-0.2, 0) is 28.6 Å². The number of carbonyl (C=O) groups is 3. The molecule has 0 aromatic rings. The number of allylic oxidation sites excluding steroid dienone is 8. The third kappa shape index (κ3) is 60.1. The van der Waals surface area contributed by atoms with Crippen molar-refractivity contribution in [2.24, 2.45) is 0 Å². The normalized spacial score (nSPS) is 12.3. The largest absolute Gasteiger partial charge is 0.462 e. The second-order valence-electron chi connectivity index (χ2n) is 21.7. The molecule has 0 aliphatic rings. The van der Waals surface area contributed by atoms with E-state index in [2.05, 4.69) is 69.4 Å². The zero-order valence-corrected chi connectivity index (χ0v) is 48.9. The molecule has 0 fully saturated rings. The van der Waals surface area contributed by atoms with E-state index in [4.69, 9.17) is 14.2 Å². The van der Waals surface area contributed by atoms with E-state index in [1.165, 1.54) is 212 Å². The van der Waals surface area contributed by atoms with E-state index in [0.717, 1.165) is 89.9 Å². The predicted molar refractivity (Wildman–Crippen MR) is 316 cm³/mol. The van der Waals surface area contributed by atoms with Gasteiger partial charge in [0, 0.05) is 19.3 Å². The standard InChI is InChI=1S/C67H122O6/c1-4-7-10-13-15-17-19-21-23-25-27-28-29-30-31-32-33-34-35-36-37-38-40-41-43-45-47-49-51-54-57-60-66(69)72-63-64(62-71-65(68)59-56-53-12-9-6-3)73-67(70)61-58-55-52-50-48-46-44-42-39-26-24-22-20-18-16-14-11-8-5-2/h7,10,15,17,21,23,27-28,64H,4-6,8-9,11-14,16,18-20,22,24-26,29-63H2,1-3H3/b10-7-,17-15-,23-21-,28-27-. The van der Waals surface area contributed by atoms with Gasteiger partial charge in [-0.3, -0.25) is 14.4 Å². The zero-order valence-electron chi connectivity index (χ0n) is 48.9. The van der Waals surface area contributed by atoms with E-state index in [-0.39, 0.29) is 31.1 Å². The second-order valence-corrected chi connectivity index (χ2v) is 21.7. The lowest BCUT2D eigenvalue weighted by atomic mass is 10.0. The molecule has 0 rings (SSSR count). The summed E-state index contributed by atoms with van der Waals surface area (Å²) in [5.74, 6) is -0.860. The van der Waals surface area contributed by atoms with Crippen LogP contribution in [0.25, 0.3) is 0 Å². The first-order chi connectivity index (χ1) is 36.0. The van der Waals surface area contributed by atoms with Crippen LogP contribution >= 0.6 is 0 Å². The molecule has 0 aromatic heterocycles. The maximum Gasteiger partial charge on any atom is 0.306 e. The molecule has 0 aromatic carbocycles. The molecule has 0 bridgehead atoms. The van der Waals surface area contributed by atoms with E-state index in [9.17, 15) is 14.4 Å². The van der Waals surface area contributed by atoms with Crippen molar-refractivity contribution in [3.63, 3.8) is 0 Å². The van der Waals surface area contributed by atoms with Crippen LogP contribution in [-0.4, -0.2) is 37.2 Å². The Morgan fingerprint density at radius 2 is 0.534 bits per heavy atom. The van der Waals surface area contributed by atoms with Crippen LogP contribution < -0.4 is 0 Å². The third-order valence-corrected chi connectivity index (χ3v) is 14.3. The van der Waals surface area contributed by atoms with Gasteiger partial charge in [-0.25, -0.2) is 0 Å². The fourth-order valence-electron chi connectivity index (χ4n) is 9.56. The van der Waals surface area contributed by atoms with Crippen molar-refractivity contribution in [1.82, 2.24) is 0 Å². The van der Waals surface area contributed by atoms with Crippen molar-refractivity contribution in [2.75, 3.05) is 13.2 Å². The van der Waals surface area contributed by atoms with Gasteiger partial charge in [-0.2, -0.15) is 0 Å². The van der Waals surface area contributed by atoms with Crippen LogP contribution in [0.2, 0.25) is 0 Å². The SMILES string of the molecule is CC/C=C\C/C=C\C/C=C\C/C=C\CCCCCCCCCCCCCCCCCCCCC(=O)OCC(COC(=O)CCCCCCC)OC(=O)CCCCCCCCCCCCCCCCCCCCC. The lowest BCUT2D eigenvalue weighted by Gasteiger charge is -2.18. The molecule has 0 aliphatic heterocycles. The first-order valence-electron chi connectivity index (χ1n) is 32.1. The van der Waals surface area contributed by atoms with Gasteiger partial charge in [0.2, 0.25) is 0 Å². The van der Waals surface area contributed by atoms with Gasteiger partial charge in [0.15, 0.2) is 6.10 Å². The average Bonchev–Trinajstić information content (AvgIpc) is 3.39. The molecule has 0 radical (unpaired) electrons. The number of rotatable bonds is 59. The Morgan fingerprint density at radius 1 is 0.288 bits per heavy atom. The molecule has 0 spiro atoms. The van der Waals surface area contributed by atoms with E-state index >= 15 is 0 Å². The van der Waals surface area contributed by atoms with Crippen LogP contribution in [0.1, 0.15) is 342 Å². The van der Waals surface area contributed by atoms with Gasteiger partial charge in [0.05, 0.1) is 0 Å². The molecule has 0 aliphatic carbocycles. The minimum absolute atomic E-state index is 0.0673. The monoisotopic (exact) mass is 1020 g/mol. The highest BCUT2D eigenvalue weighted by atomic mass is 16.6. The quantitative estimate of drug-likeness (QED) is 0.0261. The molecule has 0 saturated carbocycles. The topological polar surface area (TPSA) is 78.9 Å². The summed E-state index contributed by atoms with van der Waals surface area (Å²) in [6.07, 6.45) is 77.5. The highest BCUT2D eigenvalue weighted by Gasteiger charge is 2.19. The average molecular weight is 1020 g/mol. The molecule has 6 heteroatoms. The van der Waals surface area contributed by atoms with Crippen LogP contribution in [0.15, 0.2) is 48.6 Å². The van der Waals surface area contributed by atoms with Gasteiger partial charge in [-0.05, 0) is 57.8 Å². The van der Waals surface area contributed by atoms with Crippen molar-refractivity contribution in [2.45, 2.75) is 348 Å². The Hall–Kier alpha value is -2.63. The van der Waals surface area contributed by atoms with Gasteiger partial charge >= 0.3 is 17.9 Å². The molecule has 0 amide bonds. The number of ether oxygens (including phenoxy) is 3. The third-order valence-electron chi connectivity index (χ3n) is 14.3. The fraction of sp³-hybridized carbons (Fsp3) is 0.836. The van der Waals surface area contributed by atoms with Gasteiger partial charge in [-0.1, -0.05) is 313 Å². The summed E-state index contributed by atoms with van der Waals surface area (Å²) >= 11 is 0. The van der Waals surface area contributed by atoms with E-state index in [1.807, 2.05) is 0 Å². The van der Waals surface area contributed by atoms with Crippen molar-refractivity contribution in [1.29, 1.82) is 0 Å². The second kappa shape index (κ2) is 61.9. The Labute approximate surface area is 454 Å². The summed E-state index contributed by atoms with van der Waals surface area (Å²) in [6.45, 7) is 6.50. The van der Waals surface area contributed by atoms with Crippen molar-refractivity contribution in [3.05, 3.63) is 48.6 Å². The van der Waals surface area contributed by atoms with Crippen LogP contribution in [0.3, 0.4) is 0 Å². The zero-order chi connectivity index (χ0) is 52.9. The van der Waals surface area contributed by atoms with Gasteiger partial charge in [0.1, 0.15) is 13.2 Å². The van der Waals surface area contributed by atoms with E-state index in [1.54, 1.807) is 0 Å². The molecule has 0 saturated heterocycles. The summed E-state index contributed by atoms with van der Waals surface area (Å²) in [4.78, 5) is 37.9. The van der Waals surface area contributed by atoms with Crippen molar-refractivity contribution >= 4 is 17.9 Å². The predicted octanol–water partition coefficient (Wildman–Crippen LogP) is 21.8. The minimum Gasteiger partial charge on any atom is -0.462 e. The number of unbranched alkanes of at least 4 members (excludes halogenated alkanes) is 40. The van der Waals surface area contributed by atoms with Crippen molar-refractivity contribution < 1.29 is 28.6 Å². The molecule has 426 valence electrons. The highest BCUT2D eigenvalue weighted by molar-refractivity contribution is 5.71. The Balaban J connectivity index is 3.94. The highest BCUT2D eigenvalue weighted by Crippen LogP contribution is 2.18. The molecule has 0 N–H and O–H groups in total. The van der Waals surface area contributed by atoms with E-state index in [0.29, 0.717) is 19.3 Å². The number of carbonyl (C=O) groups excluding carboxylic acids is 3. The van der Waals surface area contributed by atoms with Crippen LogP contribution in [0, 0.1) is 0 Å². The molecule has 1 atom stereocenters. The summed E-state index contributed by atoms with van der Waals surface area (Å²) < 4.78 is 16.8. The van der Waals surface area contributed by atoms with Gasteiger partial charge < -0.3 is 14.2 Å². The molecule has 0 heterocycles. The Bertz CT molecular complexity index is 1270. The number of hydrogen-bond donors (Lipinski definition) is 0. The maximum absolute atomic E-state index is 12.8. The first-order valence-corrected chi connectivity index (χ1v) is 32.1. The lowest BCUT2D eigenvalue weighted by molar-refractivity contribution is -0.167. The van der Waals surface area contributed by atoms with Crippen molar-refractivity contribution in [3.8, 4) is 0 Å². The summed E-state index contributed by atoms with van der Waals surface area (Å²) in [7, 11) is 0.